The van der Waals surface area contributed by atoms with Gasteiger partial charge in [-0.2, -0.15) is 0 Å². The topological polar surface area (TPSA) is 837 Å². The fraction of sp³-hybridized carbons (Fsp3) is 0.602. The minimum absolute atomic E-state index is 0.0145. The van der Waals surface area contributed by atoms with Crippen molar-refractivity contribution < 1.29 is 101 Å². The maximum Gasteiger partial charge on any atom is 0.246 e. The first-order chi connectivity index (χ1) is 62.1. The molecule has 0 saturated heterocycles. The van der Waals surface area contributed by atoms with E-state index in [4.69, 9.17) is 56.7 Å². The smallest absolute Gasteiger partial charge is 0.246 e. The molecule has 38 N–H and O–H groups in total. The van der Waals surface area contributed by atoms with Gasteiger partial charge in [0.15, 0.2) is 11.9 Å². The Kier molecular flexibility index (Phi) is 52.7. The maximum atomic E-state index is 14.9. The standard InChI is InChI=1S/C83H138N28O21/c1-44(2)35-57(75(127)100-47(6)69(121)106-59(38-62(88)115)76(128)102-52(67(89)119)29-30-61(87)114)107-72(124)53(25-15-17-31-84)105-74(126)56(28-20-34-95-82(92)93)109-80(132)83(8,39-45(3)4)111-78(130)60(43-112)108-73(125)54(26-16-18-32-85)104-71(123)55(27-19-33-94-81(90)91)103-68(120)46(5)99-64(117)42-98-79(131)66(48(7)113)110-77(129)58(37-50-23-13-10-14-24-50)101-65(118)41-96-63(116)40-97-70(122)51(86)36-49-21-11-9-12-22-49/h9-14,21-24,44-48,51-60,66,112-113H,15-20,25-43,84-86H2,1-8H3,(H2,87,114)(H2,88,115)(H2,89,119)(H,96,116)(H,97,122)(H,98,131)(H,99,117)(H,100,127)(H,101,118)(H,102,128)(H,103,120)(H,104,123)(H,105,126)(H,106,121)(H,107,124)(H,108,125)(H,109,132)(H,110,129)(H,111,130)(H4,90,91,94)(H4,92,93,95)/t46-,47-,48+,51-,52-,53-,54-,55-,56-,57-,58-,59-,60-,66-,83?/m0/s1. The first-order valence-electron chi connectivity index (χ1n) is 43.5. The number of hydrogen-bond acceptors (Lipinski definition) is 26. The lowest BCUT2D eigenvalue weighted by atomic mass is 9.88. The molecule has 0 aliphatic rings. The number of aliphatic hydroxyl groups is 2. The van der Waals surface area contributed by atoms with Crippen LogP contribution in [0.5, 0.6) is 0 Å². The van der Waals surface area contributed by atoms with Crippen LogP contribution in [-0.4, -0.2) is 277 Å². The van der Waals surface area contributed by atoms with Crippen molar-refractivity contribution in [3.05, 3.63) is 71.8 Å². The second-order valence-corrected chi connectivity index (χ2v) is 32.9. The van der Waals surface area contributed by atoms with E-state index in [0.29, 0.717) is 18.4 Å². The van der Waals surface area contributed by atoms with E-state index in [2.05, 4.69) is 95.7 Å². The van der Waals surface area contributed by atoms with Crippen molar-refractivity contribution in [3.63, 3.8) is 0 Å². The highest BCUT2D eigenvalue weighted by molar-refractivity contribution is 6.02. The van der Waals surface area contributed by atoms with Gasteiger partial charge in [-0.05, 0) is 154 Å². The predicted molar refractivity (Wildman–Crippen MR) is 482 cm³/mol. The Bertz CT molecular complexity index is 4210. The Morgan fingerprint density at radius 1 is 0.386 bits per heavy atom. The first kappa shape index (κ1) is 115. The Balaban J connectivity index is 2.40. The van der Waals surface area contributed by atoms with Crippen LogP contribution in [-0.2, 0) is 104 Å². The predicted octanol–water partition coefficient (Wildman–Crippen LogP) is -10.2. The summed E-state index contributed by atoms with van der Waals surface area (Å²) in [5.41, 5.74) is 44.0. The molecule has 0 heterocycles. The van der Waals surface area contributed by atoms with Crippen LogP contribution in [0.4, 0.5) is 0 Å². The first-order valence-corrected chi connectivity index (χ1v) is 43.5. The Morgan fingerprint density at radius 2 is 0.795 bits per heavy atom. The number of unbranched alkanes of at least 4 members (excludes halogenated alkanes) is 2. The number of nitrogens with one attached hydrogen (secondary N) is 20. The van der Waals surface area contributed by atoms with Gasteiger partial charge in [0, 0.05) is 25.9 Å². The van der Waals surface area contributed by atoms with Gasteiger partial charge in [0.25, 0.3) is 0 Å². The third kappa shape index (κ3) is 45.8. The van der Waals surface area contributed by atoms with E-state index in [1.165, 1.54) is 20.8 Å². The van der Waals surface area contributed by atoms with Gasteiger partial charge in [-0.25, -0.2) is 0 Å². The summed E-state index contributed by atoms with van der Waals surface area (Å²) in [7, 11) is 0. The highest BCUT2D eigenvalue weighted by atomic mass is 16.3. The van der Waals surface area contributed by atoms with E-state index in [1.54, 1.807) is 88.4 Å². The second kappa shape index (κ2) is 60.6. The molecule has 0 fully saturated rings. The number of benzene rings is 2. The number of hydrogen-bond donors (Lipinski definition) is 30. The second-order valence-electron chi connectivity index (χ2n) is 32.9. The number of nitrogens with two attached hydrogens (primary N) is 8. The summed E-state index contributed by atoms with van der Waals surface area (Å²) < 4.78 is 0. The summed E-state index contributed by atoms with van der Waals surface area (Å²) in [6.45, 7) is 8.73. The van der Waals surface area contributed by atoms with Crippen molar-refractivity contribution in [2.24, 2.45) is 57.7 Å². The van der Waals surface area contributed by atoms with E-state index < -0.39 is 253 Å². The van der Waals surface area contributed by atoms with Gasteiger partial charge >= 0.3 is 0 Å². The van der Waals surface area contributed by atoms with Crippen LogP contribution in [0, 0.1) is 22.7 Å². The van der Waals surface area contributed by atoms with Gasteiger partial charge < -0.3 is 152 Å². The molecule has 0 spiro atoms. The number of carbonyl (C=O) groups is 19. The van der Waals surface area contributed by atoms with E-state index >= 15 is 0 Å². The molecule has 19 amide bonds. The molecule has 2 aromatic rings. The van der Waals surface area contributed by atoms with Crippen molar-refractivity contribution >= 4 is 124 Å². The van der Waals surface area contributed by atoms with Crippen LogP contribution >= 0.6 is 0 Å². The van der Waals surface area contributed by atoms with Crippen LogP contribution in [0.2, 0.25) is 0 Å². The SMILES string of the molecule is CC(C)C[C@H](NC(=O)[C@H](CCCCN)NC(=O)[C@H](CCCNC(=N)N)NC(=O)C(C)(CC(C)C)NC(=O)[C@H](CO)NC(=O)[C@H](CCCCN)NC(=O)[C@H](CCCNC(=N)N)NC(=O)[C@H](C)NC(=O)CNC(=O)[C@@H](NC(=O)[C@H](Cc1ccccc1)NC(=O)CNC(=O)CNC(=O)[C@@H](N)Cc1ccccc1)[C@@H](C)O)C(=O)N[C@@H](C)C(=O)N[C@@H](CC(N)=O)C(=O)N[C@@H](CCC(N)=O)C(N)=O. The van der Waals surface area contributed by atoms with Crippen molar-refractivity contribution in [3.8, 4) is 0 Å². The zero-order valence-corrected chi connectivity index (χ0v) is 76.0. The van der Waals surface area contributed by atoms with Crippen LogP contribution in [0.25, 0.3) is 0 Å². The Hall–Kier alpha value is -13.3. The molecule has 0 saturated carbocycles. The Morgan fingerprint density at radius 3 is 1.26 bits per heavy atom. The maximum absolute atomic E-state index is 14.9. The molecule has 132 heavy (non-hydrogen) atoms. The van der Waals surface area contributed by atoms with Crippen LogP contribution in [0.3, 0.4) is 0 Å². The molecule has 736 valence electrons. The minimum Gasteiger partial charge on any atom is -0.394 e. The van der Waals surface area contributed by atoms with E-state index in [9.17, 15) is 101 Å². The number of amides is 19. The van der Waals surface area contributed by atoms with Gasteiger partial charge in [-0.15, -0.1) is 0 Å². The average Bonchev–Trinajstić information content (AvgIpc) is 0.840. The zero-order chi connectivity index (χ0) is 99.5. The molecule has 0 aliphatic carbocycles. The molecule has 2 aromatic carbocycles. The molecular weight excluding hydrogens is 1730 g/mol. The van der Waals surface area contributed by atoms with E-state index in [-0.39, 0.29) is 122 Å². The van der Waals surface area contributed by atoms with Crippen LogP contribution in [0.1, 0.15) is 163 Å². The largest absolute Gasteiger partial charge is 0.394 e. The minimum atomic E-state index is -2.00. The third-order valence-corrected chi connectivity index (χ3v) is 20.1. The molecule has 1 unspecified atom stereocenters. The van der Waals surface area contributed by atoms with E-state index in [0.717, 1.165) is 12.5 Å². The average molecular weight is 1860 g/mol. The molecule has 49 heteroatoms. The number of aliphatic hydroxyl groups excluding tert-OH is 2. The summed E-state index contributed by atoms with van der Waals surface area (Å²) in [5.74, 6) is -20.1. The number of rotatable bonds is 64. The van der Waals surface area contributed by atoms with E-state index in [1.807, 2.05) is 0 Å². The van der Waals surface area contributed by atoms with Gasteiger partial charge in [0.1, 0.15) is 78.0 Å². The fourth-order valence-corrected chi connectivity index (χ4v) is 13.1. The Labute approximate surface area is 765 Å². The number of primary amides is 3. The summed E-state index contributed by atoms with van der Waals surface area (Å²) in [5, 5.41) is 81.4. The fourth-order valence-electron chi connectivity index (χ4n) is 13.1. The quantitative estimate of drug-likeness (QED) is 0.0166. The van der Waals surface area contributed by atoms with Crippen molar-refractivity contribution in [2.75, 3.05) is 52.4 Å². The van der Waals surface area contributed by atoms with Gasteiger partial charge in [0.2, 0.25) is 112 Å². The molecule has 15 atom stereocenters. The molecule has 0 aliphatic heterocycles. The van der Waals surface area contributed by atoms with Crippen molar-refractivity contribution in [2.45, 2.75) is 255 Å². The summed E-state index contributed by atoms with van der Waals surface area (Å²) in [6, 6.07) is -2.50. The van der Waals surface area contributed by atoms with Gasteiger partial charge in [0.05, 0.1) is 44.8 Å². The molecular formula is C83H138N28O21. The summed E-state index contributed by atoms with van der Waals surface area (Å²) in [4.78, 5) is 258. The molecule has 0 aromatic heterocycles. The van der Waals surface area contributed by atoms with Crippen molar-refractivity contribution in [1.82, 2.24) is 95.7 Å². The van der Waals surface area contributed by atoms with Gasteiger partial charge in [-0.1, -0.05) is 88.4 Å². The third-order valence-electron chi connectivity index (χ3n) is 20.1. The van der Waals surface area contributed by atoms with Crippen LogP contribution < -0.4 is 142 Å². The monoisotopic (exact) mass is 1860 g/mol. The summed E-state index contributed by atoms with van der Waals surface area (Å²) in [6.07, 6.45) is -2.93. The molecule has 0 bridgehead atoms. The number of guanidine groups is 2. The normalized spacial score (nSPS) is 14.7. The molecule has 2 rings (SSSR count). The lowest BCUT2D eigenvalue weighted by Gasteiger charge is -2.34. The zero-order valence-electron chi connectivity index (χ0n) is 76.0. The van der Waals surface area contributed by atoms with Gasteiger partial charge in [-0.3, -0.25) is 102 Å². The number of carbonyl (C=O) groups excluding carboxylic acids is 19. The lowest BCUT2D eigenvalue weighted by Crippen LogP contribution is -2.65. The van der Waals surface area contributed by atoms with Crippen molar-refractivity contribution in [1.29, 1.82) is 10.8 Å². The lowest BCUT2D eigenvalue weighted by molar-refractivity contribution is -0.139. The summed E-state index contributed by atoms with van der Waals surface area (Å²) >= 11 is 0. The molecule has 49 nitrogen and oxygen atoms in total. The van der Waals surface area contributed by atoms with Crippen LogP contribution in [0.15, 0.2) is 60.7 Å². The highest BCUT2D eigenvalue weighted by Crippen LogP contribution is 2.20. The highest BCUT2D eigenvalue weighted by Gasteiger charge is 2.42. The molecule has 0 radical (unpaired) electrons.